The van der Waals surface area contributed by atoms with E-state index in [4.69, 9.17) is 4.74 Å². The number of hydrogen-bond acceptors (Lipinski definition) is 3. The number of ether oxygens (including phenoxy) is 1. The maximum Gasteiger partial charge on any atom is 0.0587 e. The Kier molecular flexibility index (Phi) is 4.72. The first kappa shape index (κ1) is 13.5. The number of nitrogens with zero attached hydrogens (tertiary/aromatic N) is 1. The van der Waals surface area contributed by atoms with Gasteiger partial charge in [-0.1, -0.05) is 19.4 Å². The number of methoxy groups -OCH3 is 1. The first-order valence-corrected chi connectivity index (χ1v) is 6.90. The van der Waals surface area contributed by atoms with Gasteiger partial charge in [-0.25, -0.2) is 0 Å². The van der Waals surface area contributed by atoms with Gasteiger partial charge in [0.15, 0.2) is 0 Å². The van der Waals surface area contributed by atoms with Gasteiger partial charge in [-0.3, -0.25) is 4.98 Å². The van der Waals surface area contributed by atoms with Crippen LogP contribution in [0, 0.1) is 5.92 Å². The molecule has 0 aliphatic heterocycles. The lowest BCUT2D eigenvalue weighted by molar-refractivity contribution is 0.194. The summed E-state index contributed by atoms with van der Waals surface area (Å²) in [6, 6.07) is 4.28. The fourth-order valence-electron chi connectivity index (χ4n) is 3.18. The summed E-state index contributed by atoms with van der Waals surface area (Å²) in [6.45, 7) is 5.10. The number of rotatable bonds is 6. The smallest absolute Gasteiger partial charge is 0.0587 e. The molecule has 18 heavy (non-hydrogen) atoms. The van der Waals surface area contributed by atoms with Crippen molar-refractivity contribution in [3.05, 3.63) is 30.1 Å². The van der Waals surface area contributed by atoms with E-state index in [0.717, 1.165) is 25.6 Å². The molecule has 0 aromatic carbocycles. The van der Waals surface area contributed by atoms with Gasteiger partial charge in [-0.15, -0.1) is 0 Å². The van der Waals surface area contributed by atoms with Gasteiger partial charge in [0.2, 0.25) is 0 Å². The van der Waals surface area contributed by atoms with E-state index < -0.39 is 0 Å². The lowest BCUT2D eigenvalue weighted by atomic mass is 9.73. The molecule has 1 aromatic rings. The molecular weight excluding hydrogens is 224 g/mol. The minimum Gasteiger partial charge on any atom is -0.383 e. The zero-order valence-electron chi connectivity index (χ0n) is 11.5. The van der Waals surface area contributed by atoms with E-state index >= 15 is 0 Å². The average Bonchev–Trinajstić information content (AvgIpc) is 2.78. The third kappa shape index (κ3) is 2.73. The molecule has 0 saturated heterocycles. The van der Waals surface area contributed by atoms with Gasteiger partial charge in [0.1, 0.15) is 0 Å². The second-order valence-corrected chi connectivity index (χ2v) is 5.36. The molecule has 1 fully saturated rings. The van der Waals surface area contributed by atoms with Crippen LogP contribution in [-0.2, 0) is 10.2 Å². The van der Waals surface area contributed by atoms with Crippen molar-refractivity contribution in [1.29, 1.82) is 0 Å². The Hall–Kier alpha value is -0.930. The SMILES string of the molecule is COCCNCC1(c2cccnc2)CCCC1C. The summed E-state index contributed by atoms with van der Waals surface area (Å²) >= 11 is 0. The van der Waals surface area contributed by atoms with Gasteiger partial charge < -0.3 is 10.1 Å². The van der Waals surface area contributed by atoms with E-state index in [1.807, 2.05) is 12.4 Å². The van der Waals surface area contributed by atoms with Crippen LogP contribution in [0.3, 0.4) is 0 Å². The average molecular weight is 248 g/mol. The molecule has 3 nitrogen and oxygen atoms in total. The molecule has 1 saturated carbocycles. The fraction of sp³-hybridized carbons (Fsp3) is 0.667. The van der Waals surface area contributed by atoms with Crippen LogP contribution in [-0.4, -0.2) is 31.8 Å². The van der Waals surface area contributed by atoms with Crippen LogP contribution in [0.25, 0.3) is 0 Å². The van der Waals surface area contributed by atoms with Crippen LogP contribution in [0.2, 0.25) is 0 Å². The number of hydrogen-bond donors (Lipinski definition) is 1. The van der Waals surface area contributed by atoms with Crippen molar-refractivity contribution in [2.24, 2.45) is 5.92 Å². The zero-order chi connectivity index (χ0) is 12.8. The second-order valence-electron chi connectivity index (χ2n) is 5.36. The van der Waals surface area contributed by atoms with E-state index in [1.165, 1.54) is 24.8 Å². The molecule has 1 aliphatic carbocycles. The highest BCUT2D eigenvalue weighted by Gasteiger charge is 2.41. The molecule has 1 N–H and O–H groups in total. The predicted molar refractivity (Wildman–Crippen MR) is 73.7 cm³/mol. The van der Waals surface area contributed by atoms with Crippen LogP contribution in [0.15, 0.2) is 24.5 Å². The quantitative estimate of drug-likeness (QED) is 0.785. The summed E-state index contributed by atoms with van der Waals surface area (Å²) in [5.41, 5.74) is 1.65. The highest BCUT2D eigenvalue weighted by atomic mass is 16.5. The largest absolute Gasteiger partial charge is 0.383 e. The minimum absolute atomic E-state index is 0.266. The number of nitrogens with one attached hydrogen (secondary N) is 1. The fourth-order valence-corrected chi connectivity index (χ4v) is 3.18. The molecule has 1 aliphatic rings. The maximum atomic E-state index is 5.10. The van der Waals surface area contributed by atoms with Gasteiger partial charge in [0.05, 0.1) is 6.61 Å². The first-order valence-electron chi connectivity index (χ1n) is 6.90. The summed E-state index contributed by atoms with van der Waals surface area (Å²) in [4.78, 5) is 4.30. The summed E-state index contributed by atoms with van der Waals surface area (Å²) in [5.74, 6) is 0.719. The summed E-state index contributed by atoms with van der Waals surface area (Å²) in [5, 5.41) is 3.55. The van der Waals surface area contributed by atoms with Gasteiger partial charge in [-0.05, 0) is 30.4 Å². The molecule has 0 amide bonds. The Bertz CT molecular complexity index is 355. The molecule has 2 unspecified atom stereocenters. The lowest BCUT2D eigenvalue weighted by Gasteiger charge is -2.34. The van der Waals surface area contributed by atoms with Gasteiger partial charge >= 0.3 is 0 Å². The highest BCUT2D eigenvalue weighted by Crippen LogP contribution is 2.44. The van der Waals surface area contributed by atoms with Crippen LogP contribution < -0.4 is 5.32 Å². The van der Waals surface area contributed by atoms with E-state index in [9.17, 15) is 0 Å². The molecule has 0 spiro atoms. The van der Waals surface area contributed by atoms with Crippen molar-refractivity contribution in [3.63, 3.8) is 0 Å². The molecule has 100 valence electrons. The molecule has 2 rings (SSSR count). The molecule has 0 radical (unpaired) electrons. The number of pyridine rings is 1. The van der Waals surface area contributed by atoms with E-state index in [2.05, 4.69) is 29.4 Å². The molecule has 2 atom stereocenters. The topological polar surface area (TPSA) is 34.1 Å². The highest BCUT2D eigenvalue weighted by molar-refractivity contribution is 5.25. The summed E-state index contributed by atoms with van der Waals surface area (Å²) in [6.07, 6.45) is 7.80. The second kappa shape index (κ2) is 6.30. The first-order chi connectivity index (χ1) is 8.79. The number of aromatic nitrogens is 1. The van der Waals surface area contributed by atoms with Crippen LogP contribution in [0.4, 0.5) is 0 Å². The Morgan fingerprint density at radius 3 is 3.06 bits per heavy atom. The Morgan fingerprint density at radius 1 is 1.56 bits per heavy atom. The van der Waals surface area contributed by atoms with Gasteiger partial charge in [-0.2, -0.15) is 0 Å². The molecule has 1 aromatic heterocycles. The van der Waals surface area contributed by atoms with Crippen molar-refractivity contribution in [1.82, 2.24) is 10.3 Å². The van der Waals surface area contributed by atoms with Crippen molar-refractivity contribution >= 4 is 0 Å². The van der Waals surface area contributed by atoms with E-state index in [-0.39, 0.29) is 5.41 Å². The minimum atomic E-state index is 0.266. The van der Waals surface area contributed by atoms with E-state index in [0.29, 0.717) is 0 Å². The van der Waals surface area contributed by atoms with Crippen molar-refractivity contribution in [3.8, 4) is 0 Å². The van der Waals surface area contributed by atoms with Gasteiger partial charge in [0.25, 0.3) is 0 Å². The van der Waals surface area contributed by atoms with Crippen LogP contribution in [0.5, 0.6) is 0 Å². The zero-order valence-corrected chi connectivity index (χ0v) is 11.5. The molecule has 3 heteroatoms. The monoisotopic (exact) mass is 248 g/mol. The summed E-state index contributed by atoms with van der Waals surface area (Å²) in [7, 11) is 1.75. The van der Waals surface area contributed by atoms with Crippen LogP contribution in [0.1, 0.15) is 31.7 Å². The predicted octanol–water partition coefficient (Wildman–Crippen LogP) is 2.38. The maximum absolute atomic E-state index is 5.10. The third-order valence-electron chi connectivity index (χ3n) is 4.36. The Morgan fingerprint density at radius 2 is 2.44 bits per heavy atom. The molecule has 1 heterocycles. The molecular formula is C15H24N2O. The van der Waals surface area contributed by atoms with E-state index in [1.54, 1.807) is 7.11 Å². The molecule has 0 bridgehead atoms. The van der Waals surface area contributed by atoms with Crippen molar-refractivity contribution in [2.75, 3.05) is 26.8 Å². The third-order valence-corrected chi connectivity index (χ3v) is 4.36. The summed E-state index contributed by atoms with van der Waals surface area (Å²) < 4.78 is 5.10. The van der Waals surface area contributed by atoms with Gasteiger partial charge in [0, 0.05) is 38.0 Å². The lowest BCUT2D eigenvalue weighted by Crippen LogP contribution is -2.41. The Labute approximate surface area is 110 Å². The van der Waals surface area contributed by atoms with Crippen LogP contribution >= 0.6 is 0 Å². The standard InChI is InChI=1S/C15H24N2O/c1-13-5-3-7-15(13,12-17-9-10-18-2)14-6-4-8-16-11-14/h4,6,8,11,13,17H,3,5,7,9-10,12H2,1-2H3. The normalized spacial score (nSPS) is 27.6. The van der Waals surface area contributed by atoms with Crippen molar-refractivity contribution in [2.45, 2.75) is 31.6 Å². The Balaban J connectivity index is 2.09. The van der Waals surface area contributed by atoms with Crippen molar-refractivity contribution < 1.29 is 4.74 Å².